The number of nitrogens with one attached hydrogen (secondary N) is 2. The van der Waals surface area contributed by atoms with Gasteiger partial charge in [-0.3, -0.25) is 9.59 Å². The van der Waals surface area contributed by atoms with Gasteiger partial charge in [-0.05, 0) is 62.6 Å². The molecule has 160 valence electrons. The van der Waals surface area contributed by atoms with Crippen molar-refractivity contribution in [2.45, 2.75) is 40.2 Å². The molecule has 1 heterocycles. The Morgan fingerprint density at radius 3 is 2.32 bits per heavy atom. The van der Waals surface area contributed by atoms with Crippen LogP contribution in [0.1, 0.15) is 57.8 Å². The number of amides is 2. The van der Waals surface area contributed by atoms with Gasteiger partial charge in [-0.15, -0.1) is 0 Å². The summed E-state index contributed by atoms with van der Waals surface area (Å²) in [6.07, 6.45) is 3.78. The molecule has 0 radical (unpaired) electrons. The monoisotopic (exact) mass is 416 g/mol. The van der Waals surface area contributed by atoms with Crippen LogP contribution in [0, 0.1) is 20.8 Å². The lowest BCUT2D eigenvalue weighted by Gasteiger charge is -2.21. The van der Waals surface area contributed by atoms with Crippen molar-refractivity contribution in [2.24, 2.45) is 0 Å². The molecule has 0 fully saturated rings. The largest absolute Gasteiger partial charge is 0.465 e. The smallest absolute Gasteiger partial charge is 0.268 e. The molecule has 0 saturated carbocycles. The molecule has 5 heteroatoms. The van der Waals surface area contributed by atoms with Gasteiger partial charge >= 0.3 is 0 Å². The Bertz CT molecular complexity index is 1080. The molecular weight excluding hydrogens is 388 g/mol. The van der Waals surface area contributed by atoms with E-state index in [-0.39, 0.29) is 23.6 Å². The SMILES string of the molecule is CC[C@H](NC(=O)/C(=C/c1ccco1)NC(=O)c1ccc(C)cc1)c1ccc(C)cc1C. The maximum absolute atomic E-state index is 13.2. The molecule has 2 amide bonds. The fraction of sp³-hybridized carbons (Fsp3) is 0.231. The lowest BCUT2D eigenvalue weighted by atomic mass is 9.97. The third kappa shape index (κ3) is 5.72. The van der Waals surface area contributed by atoms with Gasteiger partial charge in [-0.1, -0.05) is 48.4 Å². The first-order chi connectivity index (χ1) is 14.9. The minimum atomic E-state index is -0.372. The van der Waals surface area contributed by atoms with Crippen molar-refractivity contribution in [1.82, 2.24) is 10.6 Å². The lowest BCUT2D eigenvalue weighted by Crippen LogP contribution is -2.37. The number of aryl methyl sites for hydroxylation is 3. The second-order valence-corrected chi connectivity index (χ2v) is 7.69. The average Bonchev–Trinajstić information content (AvgIpc) is 3.25. The Hall–Kier alpha value is -3.60. The summed E-state index contributed by atoms with van der Waals surface area (Å²) in [5, 5.41) is 5.80. The van der Waals surface area contributed by atoms with Gasteiger partial charge in [0.25, 0.3) is 11.8 Å². The molecule has 0 aliphatic heterocycles. The van der Waals surface area contributed by atoms with E-state index in [0.29, 0.717) is 11.3 Å². The first-order valence-corrected chi connectivity index (χ1v) is 10.4. The fourth-order valence-corrected chi connectivity index (χ4v) is 3.43. The van der Waals surface area contributed by atoms with Crippen LogP contribution in [0.2, 0.25) is 0 Å². The zero-order valence-corrected chi connectivity index (χ0v) is 18.4. The number of benzene rings is 2. The van der Waals surface area contributed by atoms with E-state index < -0.39 is 0 Å². The van der Waals surface area contributed by atoms with E-state index in [2.05, 4.69) is 16.7 Å². The maximum atomic E-state index is 13.2. The van der Waals surface area contributed by atoms with Crippen LogP contribution in [0.4, 0.5) is 0 Å². The number of carbonyl (C=O) groups is 2. The van der Waals surface area contributed by atoms with Crippen LogP contribution in [0.15, 0.2) is 71.0 Å². The lowest BCUT2D eigenvalue weighted by molar-refractivity contribution is -0.118. The highest BCUT2D eigenvalue weighted by Crippen LogP contribution is 2.22. The second-order valence-electron chi connectivity index (χ2n) is 7.69. The third-order valence-electron chi connectivity index (χ3n) is 5.15. The summed E-state index contributed by atoms with van der Waals surface area (Å²) in [6, 6.07) is 16.6. The number of carbonyl (C=O) groups excluding carboxylic acids is 2. The fourth-order valence-electron chi connectivity index (χ4n) is 3.43. The standard InChI is InChI=1S/C26H28N2O3/c1-5-23(22-13-10-18(3)15-19(22)4)27-26(30)24(16-21-7-6-14-31-21)28-25(29)20-11-8-17(2)9-12-20/h6-16,23H,5H2,1-4H3,(H,27,30)(H,28,29)/b24-16-/t23-/m0/s1. The van der Waals surface area contributed by atoms with Crippen molar-refractivity contribution in [3.63, 3.8) is 0 Å². The molecule has 0 aliphatic carbocycles. The van der Waals surface area contributed by atoms with E-state index in [4.69, 9.17) is 4.42 Å². The maximum Gasteiger partial charge on any atom is 0.268 e. The number of hydrogen-bond donors (Lipinski definition) is 2. The molecule has 1 aromatic heterocycles. The second kappa shape index (κ2) is 9.94. The van der Waals surface area contributed by atoms with Crippen LogP contribution < -0.4 is 10.6 Å². The van der Waals surface area contributed by atoms with Gasteiger partial charge in [0.15, 0.2) is 0 Å². The Morgan fingerprint density at radius 1 is 1.00 bits per heavy atom. The molecule has 0 spiro atoms. The van der Waals surface area contributed by atoms with E-state index in [1.807, 2.05) is 52.0 Å². The summed E-state index contributed by atoms with van der Waals surface area (Å²) in [5.74, 6) is -0.245. The van der Waals surface area contributed by atoms with Gasteiger partial charge in [0, 0.05) is 11.6 Å². The highest BCUT2D eigenvalue weighted by Gasteiger charge is 2.20. The molecule has 2 N–H and O–H groups in total. The first-order valence-electron chi connectivity index (χ1n) is 10.4. The summed E-state index contributed by atoms with van der Waals surface area (Å²) in [7, 11) is 0. The van der Waals surface area contributed by atoms with Crippen molar-refractivity contribution >= 4 is 17.9 Å². The van der Waals surface area contributed by atoms with E-state index in [1.165, 1.54) is 17.9 Å². The number of hydrogen-bond acceptors (Lipinski definition) is 3. The van der Waals surface area contributed by atoms with Gasteiger partial charge in [0.05, 0.1) is 12.3 Å². The summed E-state index contributed by atoms with van der Waals surface area (Å²) in [4.78, 5) is 25.9. The molecule has 31 heavy (non-hydrogen) atoms. The van der Waals surface area contributed by atoms with E-state index >= 15 is 0 Å². The summed E-state index contributed by atoms with van der Waals surface area (Å²) < 4.78 is 5.36. The zero-order valence-electron chi connectivity index (χ0n) is 18.4. The average molecular weight is 417 g/mol. The predicted octanol–water partition coefficient (Wildman–Crippen LogP) is 5.24. The minimum absolute atomic E-state index is 0.128. The van der Waals surface area contributed by atoms with Crippen molar-refractivity contribution in [1.29, 1.82) is 0 Å². The molecule has 0 saturated heterocycles. The first kappa shape index (κ1) is 22.1. The van der Waals surface area contributed by atoms with E-state index in [9.17, 15) is 9.59 Å². The Labute approximate surface area is 183 Å². The number of furan rings is 1. The quantitative estimate of drug-likeness (QED) is 0.517. The number of rotatable bonds is 7. The predicted molar refractivity (Wildman–Crippen MR) is 122 cm³/mol. The summed E-state index contributed by atoms with van der Waals surface area (Å²) in [5.41, 5.74) is 5.01. The van der Waals surface area contributed by atoms with E-state index in [1.54, 1.807) is 24.3 Å². The van der Waals surface area contributed by atoms with Crippen LogP contribution in [0.25, 0.3) is 6.08 Å². The van der Waals surface area contributed by atoms with Gasteiger partial charge < -0.3 is 15.1 Å². The van der Waals surface area contributed by atoms with Crippen molar-refractivity contribution in [2.75, 3.05) is 0 Å². The van der Waals surface area contributed by atoms with Crippen LogP contribution in [0.3, 0.4) is 0 Å². The van der Waals surface area contributed by atoms with Crippen LogP contribution in [0.5, 0.6) is 0 Å². The van der Waals surface area contributed by atoms with Crippen molar-refractivity contribution < 1.29 is 14.0 Å². The molecule has 5 nitrogen and oxygen atoms in total. The van der Waals surface area contributed by atoms with Gasteiger partial charge in [0.1, 0.15) is 11.5 Å². The highest BCUT2D eigenvalue weighted by atomic mass is 16.3. The topological polar surface area (TPSA) is 71.3 Å². The van der Waals surface area contributed by atoms with E-state index in [0.717, 1.165) is 23.1 Å². The molecule has 3 rings (SSSR count). The van der Waals surface area contributed by atoms with Crippen molar-refractivity contribution in [3.05, 3.63) is 100 Å². The summed E-state index contributed by atoms with van der Waals surface area (Å²) in [6.45, 7) is 8.05. The van der Waals surface area contributed by atoms with Gasteiger partial charge in [-0.2, -0.15) is 0 Å². The third-order valence-corrected chi connectivity index (χ3v) is 5.15. The molecule has 3 aromatic rings. The Balaban J connectivity index is 1.85. The molecule has 2 aromatic carbocycles. The molecular formula is C26H28N2O3. The van der Waals surface area contributed by atoms with Gasteiger partial charge in [0.2, 0.25) is 0 Å². The minimum Gasteiger partial charge on any atom is -0.465 e. The Kier molecular flexibility index (Phi) is 7.08. The van der Waals surface area contributed by atoms with Crippen LogP contribution in [-0.4, -0.2) is 11.8 Å². The molecule has 0 bridgehead atoms. The van der Waals surface area contributed by atoms with Crippen molar-refractivity contribution in [3.8, 4) is 0 Å². The summed E-state index contributed by atoms with van der Waals surface area (Å²) >= 11 is 0. The molecule has 0 aliphatic rings. The highest BCUT2D eigenvalue weighted by molar-refractivity contribution is 6.05. The van der Waals surface area contributed by atoms with Crippen LogP contribution >= 0.6 is 0 Å². The molecule has 0 unspecified atom stereocenters. The van der Waals surface area contributed by atoms with Crippen LogP contribution in [-0.2, 0) is 4.79 Å². The normalized spacial score (nSPS) is 12.3. The van der Waals surface area contributed by atoms with Gasteiger partial charge in [-0.25, -0.2) is 0 Å². The Morgan fingerprint density at radius 2 is 1.71 bits per heavy atom. The zero-order chi connectivity index (χ0) is 22.4. The molecule has 1 atom stereocenters.